The molecule has 0 spiro atoms. The van der Waals surface area contributed by atoms with Crippen LogP contribution in [0.2, 0.25) is 5.15 Å². The third kappa shape index (κ3) is 2.23. The van der Waals surface area contributed by atoms with Gasteiger partial charge in [0.1, 0.15) is 11.0 Å². The summed E-state index contributed by atoms with van der Waals surface area (Å²) in [6, 6.07) is 7.18. The molecule has 2 heterocycles. The predicted octanol–water partition coefficient (Wildman–Crippen LogP) is 2.34. The van der Waals surface area contributed by atoms with E-state index >= 15 is 0 Å². The first-order chi connectivity index (χ1) is 6.84. The maximum atomic E-state index is 5.72. The van der Waals surface area contributed by atoms with Gasteiger partial charge in [-0.05, 0) is 12.1 Å². The second-order valence-electron chi connectivity index (χ2n) is 2.68. The summed E-state index contributed by atoms with van der Waals surface area (Å²) in [7, 11) is 0. The van der Waals surface area contributed by atoms with E-state index in [9.17, 15) is 0 Å². The normalized spacial score (nSPS) is 10.1. The van der Waals surface area contributed by atoms with Crippen LogP contribution in [0.3, 0.4) is 0 Å². The zero-order valence-corrected chi connectivity index (χ0v) is 8.03. The van der Waals surface area contributed by atoms with Crippen molar-refractivity contribution < 1.29 is 4.52 Å². The Morgan fingerprint density at radius 1 is 1.36 bits per heavy atom. The van der Waals surface area contributed by atoms with Crippen molar-refractivity contribution in [3.63, 3.8) is 0 Å². The van der Waals surface area contributed by atoms with E-state index in [1.54, 1.807) is 18.3 Å². The van der Waals surface area contributed by atoms with Crippen molar-refractivity contribution in [3.8, 4) is 0 Å². The molecule has 5 heteroatoms. The van der Waals surface area contributed by atoms with Crippen LogP contribution >= 0.6 is 11.6 Å². The minimum atomic E-state index is 0.465. The van der Waals surface area contributed by atoms with Crippen molar-refractivity contribution in [1.29, 1.82) is 0 Å². The largest absolute Gasteiger partial charge is 0.363 e. The molecule has 0 aliphatic heterocycles. The van der Waals surface area contributed by atoms with Crippen LogP contribution in [0, 0.1) is 0 Å². The SMILES string of the molecule is Clc1cccc(NCc2ccno2)n1. The van der Waals surface area contributed by atoms with Crippen LogP contribution in [0.25, 0.3) is 0 Å². The van der Waals surface area contributed by atoms with Crippen LogP contribution < -0.4 is 5.32 Å². The van der Waals surface area contributed by atoms with Gasteiger partial charge in [0.05, 0.1) is 12.7 Å². The zero-order chi connectivity index (χ0) is 9.80. The summed E-state index contributed by atoms with van der Waals surface area (Å²) in [5, 5.41) is 7.11. The molecule has 0 fully saturated rings. The lowest BCUT2D eigenvalue weighted by Gasteiger charge is -2.01. The van der Waals surface area contributed by atoms with Gasteiger partial charge in [0.2, 0.25) is 0 Å². The van der Waals surface area contributed by atoms with E-state index in [4.69, 9.17) is 16.1 Å². The first-order valence-electron chi connectivity index (χ1n) is 4.10. The van der Waals surface area contributed by atoms with Crippen molar-refractivity contribution in [3.05, 3.63) is 41.4 Å². The molecular formula is C9H8ClN3O. The van der Waals surface area contributed by atoms with Gasteiger partial charge < -0.3 is 9.84 Å². The molecule has 0 unspecified atom stereocenters. The lowest BCUT2D eigenvalue weighted by molar-refractivity contribution is 0.388. The van der Waals surface area contributed by atoms with Gasteiger partial charge in [-0.25, -0.2) is 4.98 Å². The Morgan fingerprint density at radius 3 is 3.00 bits per heavy atom. The Hall–Kier alpha value is -1.55. The van der Waals surface area contributed by atoms with Gasteiger partial charge in [0.25, 0.3) is 0 Å². The smallest absolute Gasteiger partial charge is 0.155 e. The highest BCUT2D eigenvalue weighted by Crippen LogP contribution is 2.10. The molecule has 0 radical (unpaired) electrons. The average molecular weight is 210 g/mol. The fourth-order valence-electron chi connectivity index (χ4n) is 1.02. The van der Waals surface area contributed by atoms with Gasteiger partial charge in [-0.2, -0.15) is 0 Å². The number of pyridine rings is 1. The first kappa shape index (κ1) is 9.02. The summed E-state index contributed by atoms with van der Waals surface area (Å²) in [5.41, 5.74) is 0. The maximum Gasteiger partial charge on any atom is 0.155 e. The number of nitrogens with one attached hydrogen (secondary N) is 1. The summed E-state index contributed by atoms with van der Waals surface area (Å²) in [4.78, 5) is 4.06. The standard InChI is InChI=1S/C9H8ClN3O/c10-8-2-1-3-9(13-8)11-6-7-4-5-12-14-7/h1-5H,6H2,(H,11,13). The quantitative estimate of drug-likeness (QED) is 0.789. The average Bonchev–Trinajstić information content (AvgIpc) is 2.67. The number of halogens is 1. The number of aromatic nitrogens is 2. The molecule has 2 rings (SSSR count). The molecule has 0 bridgehead atoms. The van der Waals surface area contributed by atoms with Gasteiger partial charge in [0.15, 0.2) is 5.76 Å². The third-order valence-electron chi connectivity index (χ3n) is 1.65. The molecule has 72 valence electrons. The van der Waals surface area contributed by atoms with E-state index in [1.807, 2.05) is 12.1 Å². The highest BCUT2D eigenvalue weighted by Gasteiger charge is 1.98. The molecule has 14 heavy (non-hydrogen) atoms. The fourth-order valence-corrected chi connectivity index (χ4v) is 1.18. The van der Waals surface area contributed by atoms with Crippen molar-refractivity contribution in [2.24, 2.45) is 0 Å². The summed E-state index contributed by atoms with van der Waals surface area (Å²) in [6.45, 7) is 0.549. The summed E-state index contributed by atoms with van der Waals surface area (Å²) in [6.07, 6.45) is 1.60. The van der Waals surface area contributed by atoms with Crippen molar-refractivity contribution in [2.75, 3.05) is 5.32 Å². The van der Waals surface area contributed by atoms with E-state index in [0.717, 1.165) is 5.76 Å². The lowest BCUT2D eigenvalue weighted by Crippen LogP contribution is -1.99. The molecule has 0 aliphatic rings. The third-order valence-corrected chi connectivity index (χ3v) is 1.86. The van der Waals surface area contributed by atoms with Crippen LogP contribution in [-0.4, -0.2) is 10.1 Å². The number of hydrogen-bond acceptors (Lipinski definition) is 4. The summed E-state index contributed by atoms with van der Waals surface area (Å²) in [5.74, 6) is 1.47. The Bertz CT molecular complexity index is 402. The molecule has 0 amide bonds. The molecule has 2 aromatic rings. The highest BCUT2D eigenvalue weighted by atomic mass is 35.5. The summed E-state index contributed by atoms with van der Waals surface area (Å²) < 4.78 is 4.91. The molecular weight excluding hydrogens is 202 g/mol. The number of nitrogens with zero attached hydrogens (tertiary/aromatic N) is 2. The maximum absolute atomic E-state index is 5.72. The van der Waals surface area contributed by atoms with E-state index < -0.39 is 0 Å². The zero-order valence-electron chi connectivity index (χ0n) is 7.27. The predicted molar refractivity (Wildman–Crippen MR) is 53.1 cm³/mol. The Balaban J connectivity index is 1.98. The lowest BCUT2D eigenvalue weighted by atomic mass is 10.4. The van der Waals surface area contributed by atoms with Crippen LogP contribution in [0.4, 0.5) is 5.82 Å². The van der Waals surface area contributed by atoms with E-state index in [2.05, 4.69) is 15.5 Å². The highest BCUT2D eigenvalue weighted by molar-refractivity contribution is 6.29. The second-order valence-corrected chi connectivity index (χ2v) is 3.07. The van der Waals surface area contributed by atoms with Crippen molar-refractivity contribution >= 4 is 17.4 Å². The molecule has 1 N–H and O–H groups in total. The van der Waals surface area contributed by atoms with Crippen molar-refractivity contribution in [1.82, 2.24) is 10.1 Å². The minimum Gasteiger partial charge on any atom is -0.363 e. The number of anilines is 1. The molecule has 0 saturated carbocycles. The van der Waals surface area contributed by atoms with Gasteiger partial charge in [-0.3, -0.25) is 0 Å². The number of rotatable bonds is 3. The molecule has 0 aliphatic carbocycles. The van der Waals surface area contributed by atoms with Gasteiger partial charge in [-0.1, -0.05) is 22.8 Å². The first-order valence-corrected chi connectivity index (χ1v) is 4.48. The molecule has 0 saturated heterocycles. The molecule has 4 nitrogen and oxygen atoms in total. The van der Waals surface area contributed by atoms with Crippen LogP contribution in [0.5, 0.6) is 0 Å². The summed E-state index contributed by atoms with van der Waals surface area (Å²) >= 11 is 5.72. The second kappa shape index (κ2) is 4.11. The molecule has 0 atom stereocenters. The Kier molecular flexibility index (Phi) is 2.65. The topological polar surface area (TPSA) is 51.0 Å². The fraction of sp³-hybridized carbons (Fsp3) is 0.111. The van der Waals surface area contributed by atoms with E-state index in [-0.39, 0.29) is 0 Å². The van der Waals surface area contributed by atoms with Crippen molar-refractivity contribution in [2.45, 2.75) is 6.54 Å². The Labute approximate surface area is 85.9 Å². The van der Waals surface area contributed by atoms with E-state index in [0.29, 0.717) is 17.5 Å². The monoisotopic (exact) mass is 209 g/mol. The van der Waals surface area contributed by atoms with Gasteiger partial charge in [0, 0.05) is 6.07 Å². The number of hydrogen-bond donors (Lipinski definition) is 1. The molecule has 0 aromatic carbocycles. The molecule has 2 aromatic heterocycles. The van der Waals surface area contributed by atoms with Crippen LogP contribution in [-0.2, 0) is 6.54 Å². The van der Waals surface area contributed by atoms with Gasteiger partial charge in [-0.15, -0.1) is 0 Å². The van der Waals surface area contributed by atoms with Crippen LogP contribution in [0.1, 0.15) is 5.76 Å². The van der Waals surface area contributed by atoms with Gasteiger partial charge >= 0.3 is 0 Å². The van der Waals surface area contributed by atoms with E-state index in [1.165, 1.54) is 0 Å². The Morgan fingerprint density at radius 2 is 2.29 bits per heavy atom. The van der Waals surface area contributed by atoms with Crippen LogP contribution in [0.15, 0.2) is 35.0 Å². The minimum absolute atomic E-state index is 0.465.